The van der Waals surface area contributed by atoms with Gasteiger partial charge in [-0.05, 0) is 30.7 Å². The normalized spacial score (nSPS) is 11.9. The van der Waals surface area contributed by atoms with Gasteiger partial charge in [0.1, 0.15) is 12.1 Å². The van der Waals surface area contributed by atoms with E-state index in [1.807, 2.05) is 31.2 Å². The van der Waals surface area contributed by atoms with Gasteiger partial charge >= 0.3 is 0 Å². The lowest BCUT2D eigenvalue weighted by Crippen LogP contribution is -2.26. The first kappa shape index (κ1) is 13.7. The van der Waals surface area contributed by atoms with Crippen LogP contribution in [0.15, 0.2) is 47.5 Å². The first-order valence-electron chi connectivity index (χ1n) is 5.92. The second kappa shape index (κ2) is 6.43. The van der Waals surface area contributed by atoms with E-state index in [9.17, 15) is 4.79 Å². The number of nitrogens with zero attached hydrogens (tertiary/aromatic N) is 2. The fourth-order valence-electron chi connectivity index (χ4n) is 1.61. The molecule has 0 aliphatic rings. The van der Waals surface area contributed by atoms with Crippen LogP contribution in [0.1, 0.15) is 23.7 Å². The zero-order valence-corrected chi connectivity index (χ0v) is 12.0. The standard InChI is InChI=1S/C14H13BrN2O2/c1-2-13(14(18)10-7-16-9-17-8-10)19-12-5-3-11(15)4-6-12/h3-9,13H,2H2,1H3/t13-/m0/s1. The summed E-state index contributed by atoms with van der Waals surface area (Å²) in [6, 6.07) is 7.39. The Hall–Kier alpha value is -1.75. The summed E-state index contributed by atoms with van der Waals surface area (Å²) >= 11 is 3.36. The Kier molecular flexibility index (Phi) is 4.63. The van der Waals surface area contributed by atoms with Gasteiger partial charge < -0.3 is 4.74 Å². The predicted molar refractivity (Wildman–Crippen MR) is 75.2 cm³/mol. The van der Waals surface area contributed by atoms with Crippen LogP contribution in [-0.4, -0.2) is 21.9 Å². The number of halogens is 1. The molecule has 0 aliphatic heterocycles. The van der Waals surface area contributed by atoms with E-state index < -0.39 is 6.10 Å². The molecule has 0 amide bonds. The van der Waals surface area contributed by atoms with Gasteiger partial charge in [0.25, 0.3) is 0 Å². The number of aromatic nitrogens is 2. The van der Waals surface area contributed by atoms with Gasteiger partial charge in [-0.2, -0.15) is 0 Å². The summed E-state index contributed by atoms with van der Waals surface area (Å²) in [4.78, 5) is 19.9. The van der Waals surface area contributed by atoms with Crippen molar-refractivity contribution in [1.82, 2.24) is 9.97 Å². The Morgan fingerprint density at radius 1 is 1.26 bits per heavy atom. The summed E-state index contributed by atoms with van der Waals surface area (Å²) in [7, 11) is 0. The average molecular weight is 321 g/mol. The van der Waals surface area contributed by atoms with Crippen LogP contribution in [0.4, 0.5) is 0 Å². The molecule has 0 saturated carbocycles. The predicted octanol–water partition coefficient (Wildman–Crippen LogP) is 3.28. The minimum Gasteiger partial charge on any atom is -0.482 e. The molecule has 0 bridgehead atoms. The Bertz CT molecular complexity index is 543. The zero-order chi connectivity index (χ0) is 13.7. The number of Topliss-reactive ketones (excluding diaryl/α,β-unsaturated/α-hetero) is 1. The number of hydrogen-bond acceptors (Lipinski definition) is 4. The smallest absolute Gasteiger partial charge is 0.206 e. The molecule has 4 nitrogen and oxygen atoms in total. The summed E-state index contributed by atoms with van der Waals surface area (Å²) in [5, 5.41) is 0. The van der Waals surface area contributed by atoms with E-state index in [-0.39, 0.29) is 5.78 Å². The Labute approximate surface area is 120 Å². The van der Waals surface area contributed by atoms with Crippen molar-refractivity contribution in [3.8, 4) is 5.75 Å². The molecular weight excluding hydrogens is 308 g/mol. The Morgan fingerprint density at radius 2 is 1.89 bits per heavy atom. The largest absolute Gasteiger partial charge is 0.482 e. The lowest BCUT2D eigenvalue weighted by atomic mass is 10.1. The van der Waals surface area contributed by atoms with Gasteiger partial charge in [-0.1, -0.05) is 22.9 Å². The molecule has 19 heavy (non-hydrogen) atoms. The minimum atomic E-state index is -0.521. The topological polar surface area (TPSA) is 52.1 Å². The molecule has 0 fully saturated rings. The summed E-state index contributed by atoms with van der Waals surface area (Å²) in [6.07, 6.45) is 4.47. The number of ether oxygens (including phenoxy) is 1. The van der Waals surface area contributed by atoms with Crippen molar-refractivity contribution in [1.29, 1.82) is 0 Å². The quantitative estimate of drug-likeness (QED) is 0.793. The van der Waals surface area contributed by atoms with Gasteiger partial charge in [0.15, 0.2) is 6.10 Å². The van der Waals surface area contributed by atoms with Crippen LogP contribution in [0.5, 0.6) is 5.75 Å². The van der Waals surface area contributed by atoms with Gasteiger partial charge in [0.2, 0.25) is 5.78 Å². The van der Waals surface area contributed by atoms with Gasteiger partial charge in [0, 0.05) is 16.9 Å². The van der Waals surface area contributed by atoms with Crippen LogP contribution in [0.3, 0.4) is 0 Å². The first-order chi connectivity index (χ1) is 9.20. The maximum absolute atomic E-state index is 12.2. The minimum absolute atomic E-state index is 0.106. The van der Waals surface area contributed by atoms with Crippen molar-refractivity contribution < 1.29 is 9.53 Å². The van der Waals surface area contributed by atoms with Gasteiger partial charge in [0.05, 0.1) is 5.56 Å². The molecule has 0 aliphatic carbocycles. The highest BCUT2D eigenvalue weighted by atomic mass is 79.9. The highest BCUT2D eigenvalue weighted by molar-refractivity contribution is 9.10. The molecule has 98 valence electrons. The third kappa shape index (κ3) is 3.61. The monoisotopic (exact) mass is 320 g/mol. The van der Waals surface area contributed by atoms with Crippen molar-refractivity contribution in [2.24, 2.45) is 0 Å². The third-order valence-corrected chi connectivity index (χ3v) is 3.13. The summed E-state index contributed by atoms with van der Waals surface area (Å²) in [5.74, 6) is 0.561. The number of benzene rings is 1. The third-order valence-electron chi connectivity index (χ3n) is 2.60. The fourth-order valence-corrected chi connectivity index (χ4v) is 1.88. The van der Waals surface area contributed by atoms with E-state index in [4.69, 9.17) is 4.74 Å². The zero-order valence-electron chi connectivity index (χ0n) is 10.4. The molecule has 0 unspecified atom stereocenters. The summed E-state index contributed by atoms with van der Waals surface area (Å²) < 4.78 is 6.68. The van der Waals surface area contributed by atoms with Crippen molar-refractivity contribution >= 4 is 21.7 Å². The van der Waals surface area contributed by atoms with Crippen molar-refractivity contribution in [2.45, 2.75) is 19.4 Å². The lowest BCUT2D eigenvalue weighted by molar-refractivity contribution is 0.0786. The summed E-state index contributed by atoms with van der Waals surface area (Å²) in [5.41, 5.74) is 0.464. The Morgan fingerprint density at radius 3 is 2.47 bits per heavy atom. The molecule has 2 rings (SSSR count). The highest BCUT2D eigenvalue weighted by Crippen LogP contribution is 2.19. The first-order valence-corrected chi connectivity index (χ1v) is 6.71. The van der Waals surface area contributed by atoms with Crippen LogP contribution >= 0.6 is 15.9 Å². The molecule has 0 radical (unpaired) electrons. The van der Waals surface area contributed by atoms with Crippen LogP contribution < -0.4 is 4.74 Å². The second-order valence-electron chi connectivity index (χ2n) is 3.96. The summed E-state index contributed by atoms with van der Waals surface area (Å²) in [6.45, 7) is 1.91. The molecule has 1 atom stereocenters. The number of carbonyl (C=O) groups is 1. The number of carbonyl (C=O) groups excluding carboxylic acids is 1. The maximum atomic E-state index is 12.2. The SMILES string of the molecule is CC[C@H](Oc1ccc(Br)cc1)C(=O)c1cncnc1. The number of ketones is 1. The molecule has 2 aromatic rings. The van der Waals surface area contributed by atoms with Crippen LogP contribution in [-0.2, 0) is 0 Å². The molecule has 1 aromatic heterocycles. The second-order valence-corrected chi connectivity index (χ2v) is 4.88. The van der Waals surface area contributed by atoms with Gasteiger partial charge in [-0.3, -0.25) is 4.79 Å². The lowest BCUT2D eigenvalue weighted by Gasteiger charge is -2.16. The van der Waals surface area contributed by atoms with Crippen molar-refractivity contribution in [2.75, 3.05) is 0 Å². The van der Waals surface area contributed by atoms with Crippen molar-refractivity contribution in [3.05, 3.63) is 53.0 Å². The van der Waals surface area contributed by atoms with Crippen LogP contribution in [0.25, 0.3) is 0 Å². The van der Waals surface area contributed by atoms with Gasteiger partial charge in [-0.25, -0.2) is 9.97 Å². The molecule has 0 spiro atoms. The molecular formula is C14H13BrN2O2. The number of hydrogen-bond donors (Lipinski definition) is 0. The number of rotatable bonds is 5. The van der Waals surface area contributed by atoms with E-state index in [0.717, 1.165) is 4.47 Å². The highest BCUT2D eigenvalue weighted by Gasteiger charge is 2.20. The molecule has 0 saturated heterocycles. The van der Waals surface area contributed by atoms with Crippen LogP contribution in [0.2, 0.25) is 0 Å². The average Bonchev–Trinajstić information content (AvgIpc) is 2.47. The van der Waals surface area contributed by atoms with E-state index in [0.29, 0.717) is 17.7 Å². The van der Waals surface area contributed by atoms with Crippen LogP contribution in [0, 0.1) is 0 Å². The van der Waals surface area contributed by atoms with Gasteiger partial charge in [-0.15, -0.1) is 0 Å². The molecule has 1 heterocycles. The van der Waals surface area contributed by atoms with E-state index >= 15 is 0 Å². The van der Waals surface area contributed by atoms with E-state index in [1.165, 1.54) is 18.7 Å². The van der Waals surface area contributed by atoms with E-state index in [2.05, 4.69) is 25.9 Å². The fraction of sp³-hybridized carbons (Fsp3) is 0.214. The Balaban J connectivity index is 2.12. The molecule has 1 aromatic carbocycles. The molecule has 5 heteroatoms. The van der Waals surface area contributed by atoms with Crippen molar-refractivity contribution in [3.63, 3.8) is 0 Å². The van der Waals surface area contributed by atoms with E-state index in [1.54, 1.807) is 0 Å². The maximum Gasteiger partial charge on any atom is 0.206 e. The molecule has 0 N–H and O–H groups in total.